The van der Waals surface area contributed by atoms with E-state index in [2.05, 4.69) is 25.5 Å². The number of anilines is 1. The summed E-state index contributed by atoms with van der Waals surface area (Å²) < 4.78 is 68.4. The standard InChI is InChI=1S/C19H12Cl2F5N7O/c1-9-4-14(18(22,23)19(24,25)26)33-15(28-9)6-13(30-33)16(34)29-17-27-8-32(31-17)7-10-2-3-11(20)12(21)5-10/h2-6,8H,7H2,1H3,(H,29,31,34). The molecule has 0 bridgehead atoms. The highest BCUT2D eigenvalue weighted by atomic mass is 35.5. The van der Waals surface area contributed by atoms with Crippen LogP contribution in [0, 0.1) is 6.92 Å². The molecule has 3 heterocycles. The average Bonchev–Trinajstić information content (AvgIpc) is 3.36. The van der Waals surface area contributed by atoms with Crippen LogP contribution in [0.25, 0.3) is 5.65 Å². The van der Waals surface area contributed by atoms with Crippen LogP contribution in [0.3, 0.4) is 0 Å². The van der Waals surface area contributed by atoms with E-state index in [1.165, 1.54) is 17.9 Å². The largest absolute Gasteiger partial charge is 0.459 e. The van der Waals surface area contributed by atoms with E-state index in [1.807, 2.05) is 0 Å². The van der Waals surface area contributed by atoms with Crippen LogP contribution in [-0.2, 0) is 12.5 Å². The number of hydrogen-bond acceptors (Lipinski definition) is 5. The minimum atomic E-state index is -5.87. The van der Waals surface area contributed by atoms with Gasteiger partial charge in [0.25, 0.3) is 5.91 Å². The molecule has 0 aliphatic carbocycles. The smallest absolute Gasteiger partial charge is 0.288 e. The van der Waals surface area contributed by atoms with Crippen molar-refractivity contribution >= 4 is 40.7 Å². The van der Waals surface area contributed by atoms with Gasteiger partial charge in [-0.3, -0.25) is 10.1 Å². The highest BCUT2D eigenvalue weighted by Crippen LogP contribution is 2.43. The number of aryl methyl sites for hydroxylation is 1. The van der Waals surface area contributed by atoms with Gasteiger partial charge in [-0.05, 0) is 30.7 Å². The third kappa shape index (κ3) is 4.53. The molecule has 0 saturated heterocycles. The van der Waals surface area contributed by atoms with Gasteiger partial charge in [-0.1, -0.05) is 29.3 Å². The highest BCUT2D eigenvalue weighted by molar-refractivity contribution is 6.42. The van der Waals surface area contributed by atoms with E-state index in [4.69, 9.17) is 23.2 Å². The molecule has 8 nitrogen and oxygen atoms in total. The van der Waals surface area contributed by atoms with Gasteiger partial charge in [0.15, 0.2) is 11.3 Å². The third-order valence-corrected chi connectivity index (χ3v) is 5.30. The van der Waals surface area contributed by atoms with Crippen LogP contribution in [0.2, 0.25) is 10.0 Å². The number of halogens is 7. The molecule has 4 aromatic rings. The van der Waals surface area contributed by atoms with Gasteiger partial charge in [-0.15, -0.1) is 5.10 Å². The molecule has 178 valence electrons. The number of fused-ring (bicyclic) bond motifs is 1. The molecule has 0 saturated carbocycles. The van der Waals surface area contributed by atoms with E-state index in [-0.39, 0.29) is 28.3 Å². The second kappa shape index (κ2) is 8.47. The van der Waals surface area contributed by atoms with Crippen LogP contribution in [0.5, 0.6) is 0 Å². The zero-order valence-corrected chi connectivity index (χ0v) is 18.4. The van der Waals surface area contributed by atoms with Crippen molar-refractivity contribution in [3.05, 3.63) is 69.3 Å². The Morgan fingerprint density at radius 2 is 1.79 bits per heavy atom. The number of benzene rings is 1. The van der Waals surface area contributed by atoms with E-state index in [0.29, 0.717) is 16.1 Å². The van der Waals surface area contributed by atoms with E-state index >= 15 is 0 Å². The molecule has 0 aliphatic heterocycles. The van der Waals surface area contributed by atoms with Gasteiger partial charge in [0.1, 0.15) is 12.0 Å². The topological polar surface area (TPSA) is 90.0 Å². The summed E-state index contributed by atoms with van der Waals surface area (Å²) in [4.78, 5) is 20.3. The molecule has 0 unspecified atom stereocenters. The monoisotopic (exact) mass is 519 g/mol. The molecule has 15 heteroatoms. The van der Waals surface area contributed by atoms with Crippen LogP contribution in [0.15, 0.2) is 36.7 Å². The van der Waals surface area contributed by atoms with Gasteiger partial charge in [0, 0.05) is 11.8 Å². The maximum absolute atomic E-state index is 14.0. The predicted octanol–water partition coefficient (Wildman–Crippen LogP) is 4.89. The Morgan fingerprint density at radius 1 is 1.06 bits per heavy atom. The number of rotatable bonds is 5. The number of aromatic nitrogens is 6. The summed E-state index contributed by atoms with van der Waals surface area (Å²) in [5, 5.41) is 10.7. The fourth-order valence-corrected chi connectivity index (χ4v) is 3.32. The molecule has 1 aromatic carbocycles. The van der Waals surface area contributed by atoms with Crippen molar-refractivity contribution in [2.45, 2.75) is 25.6 Å². The van der Waals surface area contributed by atoms with Crippen LogP contribution in [0.4, 0.5) is 27.9 Å². The molecule has 1 amide bonds. The summed E-state index contributed by atoms with van der Waals surface area (Å²) in [6, 6.07) is 6.48. The minimum absolute atomic E-state index is 0.110. The lowest BCUT2D eigenvalue weighted by molar-refractivity contribution is -0.291. The molecule has 0 fully saturated rings. The van der Waals surface area contributed by atoms with Crippen LogP contribution in [0.1, 0.15) is 27.4 Å². The van der Waals surface area contributed by atoms with Crippen LogP contribution in [-0.4, -0.2) is 41.4 Å². The second-order valence-electron chi connectivity index (χ2n) is 7.12. The Hall–Kier alpha value is -3.32. The Labute approximate surface area is 197 Å². The molecule has 0 spiro atoms. The average molecular weight is 520 g/mol. The van der Waals surface area contributed by atoms with E-state index in [0.717, 1.165) is 11.6 Å². The van der Waals surface area contributed by atoms with Crippen molar-refractivity contribution in [2.24, 2.45) is 0 Å². The van der Waals surface area contributed by atoms with E-state index in [1.54, 1.807) is 18.2 Å². The van der Waals surface area contributed by atoms with Gasteiger partial charge >= 0.3 is 12.1 Å². The molecular weight excluding hydrogens is 508 g/mol. The quantitative estimate of drug-likeness (QED) is 0.379. The second-order valence-corrected chi connectivity index (χ2v) is 7.94. The lowest BCUT2D eigenvalue weighted by Crippen LogP contribution is -2.36. The van der Waals surface area contributed by atoms with Gasteiger partial charge in [-0.2, -0.15) is 27.1 Å². The van der Waals surface area contributed by atoms with Crippen molar-refractivity contribution in [1.82, 2.24) is 29.4 Å². The van der Waals surface area contributed by atoms with Gasteiger partial charge in [0.05, 0.1) is 16.6 Å². The number of nitrogens with one attached hydrogen (secondary N) is 1. The molecule has 1 N–H and O–H groups in total. The van der Waals surface area contributed by atoms with Crippen molar-refractivity contribution in [3.8, 4) is 0 Å². The number of amides is 1. The van der Waals surface area contributed by atoms with Crippen molar-refractivity contribution < 1.29 is 26.7 Å². The van der Waals surface area contributed by atoms with Crippen molar-refractivity contribution in [3.63, 3.8) is 0 Å². The molecule has 3 aromatic heterocycles. The van der Waals surface area contributed by atoms with Gasteiger partial charge in [-0.25, -0.2) is 19.2 Å². The SMILES string of the molecule is Cc1cc(C(F)(F)C(F)(F)F)n2nc(C(=O)Nc3ncn(Cc4ccc(Cl)c(Cl)c4)n3)cc2n1. The zero-order chi connectivity index (χ0) is 24.8. The summed E-state index contributed by atoms with van der Waals surface area (Å²) in [5.41, 5.74) is -1.65. The Morgan fingerprint density at radius 3 is 2.47 bits per heavy atom. The first-order valence-electron chi connectivity index (χ1n) is 9.32. The molecule has 0 atom stereocenters. The lowest BCUT2D eigenvalue weighted by Gasteiger charge is -2.20. The summed E-state index contributed by atoms with van der Waals surface area (Å²) in [6.45, 7) is 1.49. The number of nitrogens with zero attached hydrogens (tertiary/aromatic N) is 6. The molecule has 4 rings (SSSR count). The number of carbonyl (C=O) groups is 1. The summed E-state index contributed by atoms with van der Waals surface area (Å²) in [5.74, 6) is -6.30. The van der Waals surface area contributed by atoms with Gasteiger partial charge in [0.2, 0.25) is 5.95 Å². The lowest BCUT2D eigenvalue weighted by atomic mass is 10.2. The molecule has 0 radical (unpaired) electrons. The van der Waals surface area contributed by atoms with Crippen molar-refractivity contribution in [1.29, 1.82) is 0 Å². The number of alkyl halides is 5. The maximum atomic E-state index is 14.0. The third-order valence-electron chi connectivity index (χ3n) is 4.56. The summed E-state index contributed by atoms with van der Waals surface area (Å²) >= 11 is 11.8. The molecular formula is C19H12Cl2F5N7O. The highest BCUT2D eigenvalue weighted by Gasteiger charge is 2.60. The minimum Gasteiger partial charge on any atom is -0.288 e. The van der Waals surface area contributed by atoms with Crippen LogP contribution < -0.4 is 5.32 Å². The van der Waals surface area contributed by atoms with Crippen LogP contribution >= 0.6 is 23.2 Å². The van der Waals surface area contributed by atoms with E-state index in [9.17, 15) is 26.7 Å². The number of carbonyl (C=O) groups excluding carboxylic acids is 1. The fraction of sp³-hybridized carbons (Fsp3) is 0.211. The maximum Gasteiger partial charge on any atom is 0.459 e. The number of hydrogen-bond donors (Lipinski definition) is 1. The predicted molar refractivity (Wildman–Crippen MR) is 111 cm³/mol. The summed E-state index contributed by atoms with van der Waals surface area (Å²) in [6.07, 6.45) is -4.55. The summed E-state index contributed by atoms with van der Waals surface area (Å²) in [7, 11) is 0. The van der Waals surface area contributed by atoms with Gasteiger partial charge < -0.3 is 0 Å². The fourth-order valence-electron chi connectivity index (χ4n) is 3.00. The Kier molecular flexibility index (Phi) is 5.94. The van der Waals surface area contributed by atoms with E-state index < -0.39 is 29.4 Å². The first-order chi connectivity index (χ1) is 15.8. The van der Waals surface area contributed by atoms with Crippen molar-refractivity contribution in [2.75, 3.05) is 5.32 Å². The first kappa shape index (κ1) is 23.8. The molecule has 34 heavy (non-hydrogen) atoms. The molecule has 0 aliphatic rings. The first-order valence-corrected chi connectivity index (χ1v) is 10.1. The Bertz CT molecular complexity index is 1400. The normalized spacial score (nSPS) is 12.4. The zero-order valence-electron chi connectivity index (χ0n) is 16.9. The Balaban J connectivity index is 1.57.